The Labute approximate surface area is 151 Å². The van der Waals surface area contributed by atoms with Crippen LogP contribution in [0.15, 0.2) is 30.3 Å². The molecule has 1 saturated carbocycles. The quantitative estimate of drug-likeness (QED) is 0.848. The largest absolute Gasteiger partial charge is 0.373 e. The molecule has 23 heavy (non-hydrogen) atoms. The number of nitrogens with one attached hydrogen (secondary N) is 2. The molecule has 1 aliphatic carbocycles. The number of anilines is 1. The number of halogens is 2. The zero-order valence-corrected chi connectivity index (χ0v) is 15.2. The number of rotatable bonds is 5. The summed E-state index contributed by atoms with van der Waals surface area (Å²) in [6.45, 7) is 3.70. The summed E-state index contributed by atoms with van der Waals surface area (Å²) >= 11 is 0. The number of likely N-dealkylation sites (N-methyl/N-ethyl adjacent to an activating group) is 1. The summed E-state index contributed by atoms with van der Waals surface area (Å²) in [4.78, 5) is 14.4. The maximum absolute atomic E-state index is 12.2. The molecule has 1 saturated heterocycles. The predicted octanol–water partition coefficient (Wildman–Crippen LogP) is 2.47. The van der Waals surface area contributed by atoms with E-state index in [1.165, 1.54) is 5.69 Å². The Morgan fingerprint density at radius 1 is 1.26 bits per heavy atom. The lowest BCUT2D eigenvalue weighted by atomic mass is 9.92. The molecule has 1 heterocycles. The van der Waals surface area contributed by atoms with Gasteiger partial charge in [-0.15, -0.1) is 24.8 Å². The SMILES string of the molecule is CN(CCNC(=O)C1CC12CCNCC2)c1ccccc1.Cl.Cl. The van der Waals surface area contributed by atoms with Crippen LogP contribution in [-0.4, -0.2) is 39.1 Å². The Balaban J connectivity index is 0.00000132. The van der Waals surface area contributed by atoms with Crippen LogP contribution in [0.5, 0.6) is 0 Å². The number of piperidine rings is 1. The number of nitrogens with zero attached hydrogens (tertiary/aromatic N) is 1. The van der Waals surface area contributed by atoms with Crippen LogP contribution >= 0.6 is 24.8 Å². The van der Waals surface area contributed by atoms with Crippen molar-refractivity contribution in [3.05, 3.63) is 30.3 Å². The van der Waals surface area contributed by atoms with Crippen molar-refractivity contribution < 1.29 is 4.79 Å². The van der Waals surface area contributed by atoms with Gasteiger partial charge in [0.2, 0.25) is 5.91 Å². The van der Waals surface area contributed by atoms with Gasteiger partial charge < -0.3 is 15.5 Å². The van der Waals surface area contributed by atoms with Gasteiger partial charge in [-0.1, -0.05) is 18.2 Å². The van der Waals surface area contributed by atoms with E-state index in [0.717, 1.165) is 45.4 Å². The molecular formula is C17H27Cl2N3O. The first-order valence-electron chi connectivity index (χ1n) is 7.96. The molecule has 1 amide bonds. The Morgan fingerprint density at radius 3 is 2.57 bits per heavy atom. The molecular weight excluding hydrogens is 333 g/mol. The summed E-state index contributed by atoms with van der Waals surface area (Å²) in [6, 6.07) is 10.3. The average Bonchev–Trinajstić information content (AvgIpc) is 3.22. The molecule has 1 aromatic carbocycles. The maximum Gasteiger partial charge on any atom is 0.223 e. The van der Waals surface area contributed by atoms with E-state index in [0.29, 0.717) is 5.41 Å². The van der Waals surface area contributed by atoms with Crippen LogP contribution in [0.3, 0.4) is 0 Å². The predicted molar refractivity (Wildman–Crippen MR) is 99.9 cm³/mol. The van der Waals surface area contributed by atoms with Crippen LogP contribution < -0.4 is 15.5 Å². The lowest BCUT2D eigenvalue weighted by molar-refractivity contribution is -0.123. The number of para-hydroxylation sites is 1. The summed E-state index contributed by atoms with van der Waals surface area (Å²) in [5, 5.41) is 6.49. The van der Waals surface area contributed by atoms with Gasteiger partial charge in [0.15, 0.2) is 0 Å². The lowest BCUT2D eigenvalue weighted by Gasteiger charge is -2.23. The third-order valence-electron chi connectivity index (χ3n) is 5.05. The molecule has 0 bridgehead atoms. The molecule has 0 aromatic heterocycles. The molecule has 1 atom stereocenters. The zero-order chi connectivity index (χ0) is 14.7. The molecule has 3 rings (SSSR count). The van der Waals surface area contributed by atoms with Crippen molar-refractivity contribution in [3.63, 3.8) is 0 Å². The summed E-state index contributed by atoms with van der Waals surface area (Å²) in [6.07, 6.45) is 3.42. The minimum absolute atomic E-state index is 0. The first kappa shape index (κ1) is 20.1. The topological polar surface area (TPSA) is 44.4 Å². The molecule has 0 radical (unpaired) electrons. The Hall–Kier alpha value is -0.970. The van der Waals surface area contributed by atoms with E-state index < -0.39 is 0 Å². The fraction of sp³-hybridized carbons (Fsp3) is 0.588. The summed E-state index contributed by atoms with van der Waals surface area (Å²) in [5.74, 6) is 0.528. The highest BCUT2D eigenvalue weighted by Crippen LogP contribution is 2.58. The van der Waals surface area contributed by atoms with Crippen molar-refractivity contribution in [2.75, 3.05) is 38.1 Å². The number of carbonyl (C=O) groups excluding carboxylic acids is 1. The highest BCUT2D eigenvalue weighted by atomic mass is 35.5. The molecule has 2 N–H and O–H groups in total. The van der Waals surface area contributed by atoms with Gasteiger partial charge in [0, 0.05) is 31.7 Å². The van der Waals surface area contributed by atoms with Crippen molar-refractivity contribution in [2.45, 2.75) is 19.3 Å². The van der Waals surface area contributed by atoms with Crippen LogP contribution in [0.2, 0.25) is 0 Å². The second-order valence-electron chi connectivity index (χ2n) is 6.42. The highest BCUT2D eigenvalue weighted by molar-refractivity contribution is 5.85. The average molecular weight is 360 g/mol. The second-order valence-corrected chi connectivity index (χ2v) is 6.42. The number of benzene rings is 1. The molecule has 1 unspecified atom stereocenters. The molecule has 130 valence electrons. The fourth-order valence-electron chi connectivity index (χ4n) is 3.48. The molecule has 2 aliphatic rings. The molecule has 1 aromatic rings. The zero-order valence-electron chi connectivity index (χ0n) is 13.6. The molecule has 6 heteroatoms. The Morgan fingerprint density at radius 2 is 1.91 bits per heavy atom. The maximum atomic E-state index is 12.2. The van der Waals surface area contributed by atoms with Gasteiger partial charge in [0.25, 0.3) is 0 Å². The van der Waals surface area contributed by atoms with Gasteiger partial charge >= 0.3 is 0 Å². The first-order valence-corrected chi connectivity index (χ1v) is 7.96. The van der Waals surface area contributed by atoms with Crippen molar-refractivity contribution in [1.82, 2.24) is 10.6 Å². The number of amides is 1. The Bertz CT molecular complexity index is 492. The molecule has 1 aliphatic heterocycles. The summed E-state index contributed by atoms with van der Waals surface area (Å²) in [7, 11) is 2.06. The number of hydrogen-bond donors (Lipinski definition) is 2. The van der Waals surface area contributed by atoms with Gasteiger partial charge in [0.05, 0.1) is 0 Å². The van der Waals surface area contributed by atoms with Crippen LogP contribution in [0.1, 0.15) is 19.3 Å². The van der Waals surface area contributed by atoms with Gasteiger partial charge in [-0.2, -0.15) is 0 Å². The lowest BCUT2D eigenvalue weighted by Crippen LogP contribution is -2.36. The number of hydrogen-bond acceptors (Lipinski definition) is 3. The van der Waals surface area contributed by atoms with E-state index >= 15 is 0 Å². The van der Waals surface area contributed by atoms with E-state index in [4.69, 9.17) is 0 Å². The minimum atomic E-state index is 0. The third-order valence-corrected chi connectivity index (χ3v) is 5.05. The van der Waals surface area contributed by atoms with E-state index in [9.17, 15) is 4.79 Å². The minimum Gasteiger partial charge on any atom is -0.373 e. The van der Waals surface area contributed by atoms with E-state index in [1.54, 1.807) is 0 Å². The van der Waals surface area contributed by atoms with Crippen LogP contribution in [0.4, 0.5) is 5.69 Å². The van der Waals surface area contributed by atoms with Crippen molar-refractivity contribution in [1.29, 1.82) is 0 Å². The molecule has 2 fully saturated rings. The first-order chi connectivity index (χ1) is 10.2. The monoisotopic (exact) mass is 359 g/mol. The molecule has 4 nitrogen and oxygen atoms in total. The third kappa shape index (κ3) is 4.75. The van der Waals surface area contributed by atoms with Crippen molar-refractivity contribution >= 4 is 36.4 Å². The van der Waals surface area contributed by atoms with Gasteiger partial charge in [0.1, 0.15) is 0 Å². The van der Waals surface area contributed by atoms with Crippen molar-refractivity contribution in [3.8, 4) is 0 Å². The smallest absolute Gasteiger partial charge is 0.223 e. The van der Waals surface area contributed by atoms with Gasteiger partial charge in [-0.05, 0) is 49.9 Å². The van der Waals surface area contributed by atoms with Crippen LogP contribution in [-0.2, 0) is 4.79 Å². The van der Waals surface area contributed by atoms with Gasteiger partial charge in [-0.25, -0.2) is 0 Å². The van der Waals surface area contributed by atoms with E-state index in [2.05, 4.69) is 34.7 Å². The standard InChI is InChI=1S/C17H25N3O.2ClH/c1-20(14-5-3-2-4-6-14)12-11-19-16(21)15-13-17(15)7-9-18-10-8-17;;/h2-6,15,18H,7-13H2,1H3,(H,19,21);2*1H. The molecule has 1 spiro atoms. The summed E-state index contributed by atoms with van der Waals surface area (Å²) in [5.41, 5.74) is 1.52. The number of carbonyl (C=O) groups is 1. The summed E-state index contributed by atoms with van der Waals surface area (Å²) < 4.78 is 0. The van der Waals surface area contributed by atoms with E-state index in [-0.39, 0.29) is 36.6 Å². The fourth-order valence-corrected chi connectivity index (χ4v) is 3.48. The van der Waals surface area contributed by atoms with Crippen LogP contribution in [0.25, 0.3) is 0 Å². The van der Waals surface area contributed by atoms with Crippen LogP contribution in [0, 0.1) is 11.3 Å². The van der Waals surface area contributed by atoms with Crippen molar-refractivity contribution in [2.24, 2.45) is 11.3 Å². The second kappa shape index (κ2) is 8.76. The normalized spacial score (nSPS) is 20.8. The van der Waals surface area contributed by atoms with Gasteiger partial charge in [-0.3, -0.25) is 4.79 Å². The Kier molecular flexibility index (Phi) is 7.65. The van der Waals surface area contributed by atoms with E-state index in [1.807, 2.05) is 18.2 Å². The highest BCUT2D eigenvalue weighted by Gasteiger charge is 2.57.